The molecule has 180 valence electrons. The summed E-state index contributed by atoms with van der Waals surface area (Å²) in [6.45, 7) is 4.27. The van der Waals surface area contributed by atoms with Crippen molar-refractivity contribution < 1.29 is 23.1 Å². The molecule has 4 rings (SSSR count). The molecule has 3 heterocycles. The van der Waals surface area contributed by atoms with Crippen molar-refractivity contribution in [3.8, 4) is 11.5 Å². The molecule has 0 amide bonds. The summed E-state index contributed by atoms with van der Waals surface area (Å²) in [5.74, 6) is 1.22. The summed E-state index contributed by atoms with van der Waals surface area (Å²) >= 11 is 1.60. The maximum Gasteiger partial charge on any atom is 0.192 e. The lowest BCUT2D eigenvalue weighted by atomic mass is 10.1. The van der Waals surface area contributed by atoms with Crippen LogP contribution in [0.1, 0.15) is 37.4 Å². The smallest absolute Gasteiger partial charge is 0.192 e. The zero-order valence-corrected chi connectivity index (χ0v) is 20.9. The lowest BCUT2D eigenvalue weighted by Crippen LogP contribution is -2.13. The summed E-state index contributed by atoms with van der Waals surface area (Å²) in [5, 5.41) is 11.3. The first kappa shape index (κ1) is 24.4. The number of benzene rings is 1. The number of ether oxygens (including phenoxy) is 1. The first-order valence-electron chi connectivity index (χ1n) is 11.0. The van der Waals surface area contributed by atoms with E-state index in [1.165, 1.54) is 12.3 Å². The van der Waals surface area contributed by atoms with E-state index >= 15 is 0 Å². The summed E-state index contributed by atoms with van der Waals surface area (Å²) in [7, 11) is -3.36. The Morgan fingerprint density at radius 1 is 1.29 bits per heavy atom. The number of carbonyl (C=O) groups is 1. The van der Waals surface area contributed by atoms with Crippen LogP contribution in [0.5, 0.6) is 11.5 Å². The van der Waals surface area contributed by atoms with Crippen molar-refractivity contribution in [2.24, 2.45) is 4.99 Å². The second-order valence-electron chi connectivity index (χ2n) is 8.61. The van der Waals surface area contributed by atoms with Crippen LogP contribution in [0.25, 0.3) is 10.9 Å². The van der Waals surface area contributed by atoms with Crippen molar-refractivity contribution in [1.82, 2.24) is 9.97 Å². The number of nitrogens with one attached hydrogen (secondary N) is 1. The van der Waals surface area contributed by atoms with Crippen molar-refractivity contribution in [2.75, 3.05) is 12.8 Å². The molecule has 1 aliphatic rings. The minimum absolute atomic E-state index is 0.000410. The quantitative estimate of drug-likeness (QED) is 0.454. The molecule has 3 aromatic rings. The molecule has 0 aliphatic carbocycles. The van der Waals surface area contributed by atoms with E-state index in [-0.39, 0.29) is 16.1 Å². The number of nitrogens with zero attached hydrogens (tertiary/aromatic N) is 2. The first-order chi connectivity index (χ1) is 16.1. The van der Waals surface area contributed by atoms with Crippen LogP contribution in [0, 0.1) is 6.92 Å². The van der Waals surface area contributed by atoms with E-state index in [1.54, 1.807) is 24.8 Å². The molecule has 1 aromatic carbocycles. The number of aryl methyl sites for hydroxylation is 1. The average molecular weight is 502 g/mol. The fourth-order valence-corrected chi connectivity index (χ4v) is 5.43. The molecule has 1 unspecified atom stereocenters. The van der Waals surface area contributed by atoms with Gasteiger partial charge in [-0.25, -0.2) is 13.4 Å². The number of sulfone groups is 1. The second-order valence-corrected chi connectivity index (χ2v) is 11.9. The highest BCUT2D eigenvalue weighted by molar-refractivity contribution is 8.15. The molecule has 0 saturated carbocycles. The number of H-pyrrole nitrogens is 1. The number of aliphatic imine (C=N–C) groups is 1. The molecule has 0 fully saturated rings. The first-order valence-corrected chi connectivity index (χ1v) is 13.7. The molecule has 10 heteroatoms. The molecule has 0 spiro atoms. The molecule has 1 aliphatic heterocycles. The Balaban J connectivity index is 1.45. The number of thioether (sulfide) groups is 1. The molecule has 8 nitrogen and oxygen atoms in total. The number of hydrogen-bond donors (Lipinski definition) is 2. The maximum atomic E-state index is 12.2. The predicted octanol–water partition coefficient (Wildman–Crippen LogP) is 4.05. The van der Waals surface area contributed by atoms with E-state index in [2.05, 4.69) is 15.0 Å². The lowest BCUT2D eigenvalue weighted by Gasteiger charge is -2.08. The number of carbonyl (C=O) groups excluding carboxylic acids is 1. The number of ketones is 1. The zero-order chi connectivity index (χ0) is 24.5. The Bertz CT molecular complexity index is 1340. The maximum absolute atomic E-state index is 12.2. The Kier molecular flexibility index (Phi) is 7.11. The fraction of sp³-hybridized carbons (Fsp3) is 0.375. The third-order valence-corrected chi connectivity index (χ3v) is 7.69. The number of fused-ring (bicyclic) bond motifs is 1. The number of hydrogen-bond acceptors (Lipinski definition) is 8. The van der Waals surface area contributed by atoms with Gasteiger partial charge in [0.05, 0.1) is 24.5 Å². The van der Waals surface area contributed by atoms with Gasteiger partial charge in [0.25, 0.3) is 0 Å². The molecule has 0 saturated heterocycles. The van der Waals surface area contributed by atoms with Gasteiger partial charge < -0.3 is 14.8 Å². The van der Waals surface area contributed by atoms with Gasteiger partial charge in [-0.1, -0.05) is 11.8 Å². The van der Waals surface area contributed by atoms with Crippen LogP contribution in [-0.4, -0.2) is 58.5 Å². The highest BCUT2D eigenvalue weighted by Gasteiger charge is 2.24. The van der Waals surface area contributed by atoms with Crippen molar-refractivity contribution in [1.29, 1.82) is 0 Å². The molecular weight excluding hydrogens is 474 g/mol. The van der Waals surface area contributed by atoms with Gasteiger partial charge in [0, 0.05) is 35.3 Å². The minimum Gasteiger partial charge on any atom is -0.456 e. The number of aliphatic hydroxyl groups is 1. The molecule has 34 heavy (non-hydrogen) atoms. The lowest BCUT2D eigenvalue weighted by molar-refractivity contribution is -0.119. The van der Waals surface area contributed by atoms with Crippen LogP contribution in [0.3, 0.4) is 0 Å². The Morgan fingerprint density at radius 3 is 2.76 bits per heavy atom. The number of aliphatic hydroxyl groups excluding tert-OH is 1. The highest BCUT2D eigenvalue weighted by atomic mass is 32.2. The van der Waals surface area contributed by atoms with Gasteiger partial charge in [0.2, 0.25) is 0 Å². The second kappa shape index (κ2) is 9.89. The van der Waals surface area contributed by atoms with E-state index in [4.69, 9.17) is 4.74 Å². The van der Waals surface area contributed by atoms with Crippen LogP contribution in [0.2, 0.25) is 0 Å². The van der Waals surface area contributed by atoms with E-state index in [9.17, 15) is 18.3 Å². The molecule has 2 atom stereocenters. The van der Waals surface area contributed by atoms with Crippen molar-refractivity contribution in [2.45, 2.75) is 49.5 Å². The number of aromatic nitrogens is 2. The number of aromatic amines is 1. The highest BCUT2D eigenvalue weighted by Crippen LogP contribution is 2.33. The average Bonchev–Trinajstić information content (AvgIpc) is 3.39. The number of Topliss-reactive ketones (excluding diaryl/α,β-unsaturated/α-hetero) is 1. The van der Waals surface area contributed by atoms with Crippen molar-refractivity contribution in [3.63, 3.8) is 0 Å². The predicted molar refractivity (Wildman–Crippen MR) is 134 cm³/mol. The van der Waals surface area contributed by atoms with Gasteiger partial charge in [0.15, 0.2) is 14.9 Å². The van der Waals surface area contributed by atoms with E-state index in [1.807, 2.05) is 25.1 Å². The fourth-order valence-electron chi connectivity index (χ4n) is 3.75. The zero-order valence-electron chi connectivity index (χ0n) is 19.2. The molecule has 2 aromatic heterocycles. The van der Waals surface area contributed by atoms with Gasteiger partial charge in [-0.15, -0.1) is 0 Å². The summed E-state index contributed by atoms with van der Waals surface area (Å²) in [4.78, 5) is 24.2. The van der Waals surface area contributed by atoms with Crippen molar-refractivity contribution >= 4 is 43.3 Å². The monoisotopic (exact) mass is 501 g/mol. The van der Waals surface area contributed by atoms with Gasteiger partial charge in [-0.05, 0) is 56.2 Å². The van der Waals surface area contributed by atoms with Gasteiger partial charge >= 0.3 is 0 Å². The van der Waals surface area contributed by atoms with Crippen LogP contribution in [-0.2, 0) is 14.6 Å². The molecule has 0 bridgehead atoms. The number of pyridine rings is 1. The standard InChI is InChI=1S/C24H27N3O5S2/c1-14-8-19(32-18-6-7-22(25-12-18)34(3,30)31)9-16-10-21(27-23(14)16)24-26-13-20(33-24)11-17(29)5-4-15(2)28/h6-10,12,15,20,27-28H,4-5,11,13H2,1-3H3/t15-,20?/m1/s1. The Morgan fingerprint density at radius 2 is 2.09 bits per heavy atom. The SMILES string of the molecule is Cc1cc(Oc2ccc(S(C)(=O)=O)nc2)cc2cc(C3=NCC(CC(=O)CC[C@@H](C)O)S3)[nH]c12. The normalized spacial score (nSPS) is 17.1. The van der Waals surface area contributed by atoms with Gasteiger partial charge in [-0.2, -0.15) is 0 Å². The van der Waals surface area contributed by atoms with E-state index < -0.39 is 15.9 Å². The summed E-state index contributed by atoms with van der Waals surface area (Å²) in [6.07, 6.45) is 3.39. The largest absolute Gasteiger partial charge is 0.456 e. The topological polar surface area (TPSA) is 122 Å². The summed E-state index contributed by atoms with van der Waals surface area (Å²) < 4.78 is 29.1. The third kappa shape index (κ3) is 5.86. The van der Waals surface area contributed by atoms with E-state index in [0.717, 1.165) is 33.5 Å². The van der Waals surface area contributed by atoms with Gasteiger partial charge in [0.1, 0.15) is 22.3 Å². The van der Waals surface area contributed by atoms with Crippen molar-refractivity contribution in [3.05, 3.63) is 47.8 Å². The minimum atomic E-state index is -3.36. The van der Waals surface area contributed by atoms with Gasteiger partial charge in [-0.3, -0.25) is 9.79 Å². The van der Waals surface area contributed by atoms with Crippen LogP contribution in [0.15, 0.2) is 46.5 Å². The summed E-state index contributed by atoms with van der Waals surface area (Å²) in [5.41, 5.74) is 2.87. The van der Waals surface area contributed by atoms with Crippen LogP contribution < -0.4 is 4.74 Å². The third-order valence-electron chi connectivity index (χ3n) is 5.47. The molecule has 2 N–H and O–H groups in total. The molecule has 0 radical (unpaired) electrons. The number of rotatable bonds is 9. The Labute approximate surface area is 202 Å². The van der Waals surface area contributed by atoms with E-state index in [0.29, 0.717) is 37.3 Å². The van der Waals surface area contributed by atoms with Crippen LogP contribution in [0.4, 0.5) is 0 Å². The van der Waals surface area contributed by atoms with Crippen LogP contribution >= 0.6 is 11.8 Å². The molecular formula is C24H27N3O5S2. The summed E-state index contributed by atoms with van der Waals surface area (Å²) in [6, 6.07) is 8.83. The Hall–Kier alpha value is -2.69.